The Balaban J connectivity index is 2.47. The Morgan fingerprint density at radius 1 is 1.16 bits per heavy atom. The molecule has 5 heteroatoms. The summed E-state index contributed by atoms with van der Waals surface area (Å²) in [6.45, 7) is 0. The molecule has 100 valence electrons. The summed E-state index contributed by atoms with van der Waals surface area (Å²) in [4.78, 5) is 0. The number of hydrogen-bond donors (Lipinski definition) is 1. The predicted octanol–water partition coefficient (Wildman–Crippen LogP) is 3.78. The van der Waals surface area contributed by atoms with Crippen molar-refractivity contribution in [3.63, 3.8) is 0 Å². The molecule has 0 aromatic heterocycles. The lowest BCUT2D eigenvalue weighted by Crippen LogP contribution is -2.15. The van der Waals surface area contributed by atoms with E-state index in [0.29, 0.717) is 4.47 Å². The maximum absolute atomic E-state index is 14.1. The van der Waals surface area contributed by atoms with Crippen LogP contribution in [0.4, 0.5) is 8.78 Å². The number of nitrogens with two attached hydrogens (primary N) is 1. The van der Waals surface area contributed by atoms with Crippen molar-refractivity contribution in [2.75, 3.05) is 7.11 Å². The second-order valence-corrected chi connectivity index (χ2v) is 4.92. The van der Waals surface area contributed by atoms with E-state index in [1.54, 1.807) is 12.1 Å². The standard InChI is InChI=1S/C14H12BrF2NO/c1-19-12-4-2-3-10(13(12)17)14(18)9-6-5-8(15)7-11(9)16/h2-7,14H,18H2,1H3. The van der Waals surface area contributed by atoms with Gasteiger partial charge < -0.3 is 10.5 Å². The smallest absolute Gasteiger partial charge is 0.170 e. The van der Waals surface area contributed by atoms with Gasteiger partial charge in [0.2, 0.25) is 0 Å². The molecule has 0 aliphatic heterocycles. The molecule has 2 rings (SSSR count). The highest BCUT2D eigenvalue weighted by atomic mass is 79.9. The van der Waals surface area contributed by atoms with Crippen LogP contribution in [0, 0.1) is 11.6 Å². The van der Waals surface area contributed by atoms with Crippen LogP contribution in [0.15, 0.2) is 40.9 Å². The summed E-state index contributed by atoms with van der Waals surface area (Å²) in [5, 5.41) is 0. The first-order valence-electron chi connectivity index (χ1n) is 5.57. The van der Waals surface area contributed by atoms with Gasteiger partial charge in [0, 0.05) is 15.6 Å². The third-order valence-electron chi connectivity index (χ3n) is 2.85. The maximum atomic E-state index is 14.1. The third-order valence-corrected chi connectivity index (χ3v) is 3.34. The highest BCUT2D eigenvalue weighted by Crippen LogP contribution is 2.29. The number of halogens is 3. The largest absolute Gasteiger partial charge is 0.494 e. The van der Waals surface area contributed by atoms with Gasteiger partial charge in [0.1, 0.15) is 5.82 Å². The minimum Gasteiger partial charge on any atom is -0.494 e. The van der Waals surface area contributed by atoms with Crippen LogP contribution in [0.1, 0.15) is 17.2 Å². The van der Waals surface area contributed by atoms with Crippen LogP contribution in [-0.4, -0.2) is 7.11 Å². The van der Waals surface area contributed by atoms with Gasteiger partial charge in [-0.1, -0.05) is 34.1 Å². The summed E-state index contributed by atoms with van der Waals surface area (Å²) in [5.41, 5.74) is 6.37. The lowest BCUT2D eigenvalue weighted by atomic mass is 9.98. The van der Waals surface area contributed by atoms with Crippen molar-refractivity contribution in [1.29, 1.82) is 0 Å². The highest BCUT2D eigenvalue weighted by molar-refractivity contribution is 9.10. The van der Waals surface area contributed by atoms with Crippen molar-refractivity contribution < 1.29 is 13.5 Å². The predicted molar refractivity (Wildman–Crippen MR) is 73.1 cm³/mol. The number of hydrogen-bond acceptors (Lipinski definition) is 2. The molecule has 0 bridgehead atoms. The second-order valence-electron chi connectivity index (χ2n) is 4.01. The molecule has 2 aromatic rings. The Labute approximate surface area is 118 Å². The average Bonchev–Trinajstić information content (AvgIpc) is 2.38. The van der Waals surface area contributed by atoms with Crippen molar-refractivity contribution in [1.82, 2.24) is 0 Å². The van der Waals surface area contributed by atoms with Crippen molar-refractivity contribution in [3.8, 4) is 5.75 Å². The van der Waals surface area contributed by atoms with Crippen molar-refractivity contribution in [2.45, 2.75) is 6.04 Å². The van der Waals surface area contributed by atoms with Crippen LogP contribution >= 0.6 is 15.9 Å². The van der Waals surface area contributed by atoms with Crippen LogP contribution in [-0.2, 0) is 0 Å². The maximum Gasteiger partial charge on any atom is 0.170 e. The molecule has 0 fully saturated rings. The van der Waals surface area contributed by atoms with Crippen LogP contribution in [0.3, 0.4) is 0 Å². The first-order chi connectivity index (χ1) is 9.04. The minimum atomic E-state index is -0.886. The molecule has 0 saturated carbocycles. The fourth-order valence-corrected chi connectivity index (χ4v) is 2.18. The van der Waals surface area contributed by atoms with Gasteiger partial charge in [-0.2, -0.15) is 0 Å². The van der Waals surface area contributed by atoms with Crippen molar-refractivity contribution in [3.05, 3.63) is 63.6 Å². The summed E-state index contributed by atoms with van der Waals surface area (Å²) < 4.78 is 33.4. The molecule has 2 aromatic carbocycles. The van der Waals surface area contributed by atoms with E-state index >= 15 is 0 Å². The number of methoxy groups -OCH3 is 1. The Hall–Kier alpha value is -1.46. The zero-order valence-corrected chi connectivity index (χ0v) is 11.7. The van der Waals surface area contributed by atoms with Crippen LogP contribution in [0.5, 0.6) is 5.75 Å². The van der Waals surface area contributed by atoms with Crippen LogP contribution < -0.4 is 10.5 Å². The van der Waals surface area contributed by atoms with Gasteiger partial charge in [-0.05, 0) is 18.2 Å². The van der Waals surface area contributed by atoms with Crippen molar-refractivity contribution >= 4 is 15.9 Å². The Bertz CT molecular complexity index is 604. The average molecular weight is 328 g/mol. The fourth-order valence-electron chi connectivity index (χ4n) is 1.85. The third kappa shape index (κ3) is 2.77. The van der Waals surface area contributed by atoms with Crippen molar-refractivity contribution in [2.24, 2.45) is 5.73 Å². The molecule has 0 amide bonds. The van der Waals surface area contributed by atoms with Gasteiger partial charge >= 0.3 is 0 Å². The number of ether oxygens (including phenoxy) is 1. The van der Waals surface area contributed by atoms with Gasteiger partial charge in [0.15, 0.2) is 11.6 Å². The van der Waals surface area contributed by atoms with Gasteiger partial charge in [-0.25, -0.2) is 8.78 Å². The summed E-state index contributed by atoms with van der Waals surface area (Å²) >= 11 is 3.16. The topological polar surface area (TPSA) is 35.2 Å². The molecule has 0 radical (unpaired) electrons. The van der Waals surface area contributed by atoms with Crippen LogP contribution in [0.25, 0.3) is 0 Å². The monoisotopic (exact) mass is 327 g/mol. The molecular weight excluding hydrogens is 316 g/mol. The van der Waals surface area contributed by atoms with E-state index in [1.807, 2.05) is 0 Å². The Morgan fingerprint density at radius 3 is 2.53 bits per heavy atom. The normalized spacial score (nSPS) is 12.3. The number of rotatable bonds is 3. The van der Waals surface area contributed by atoms with E-state index < -0.39 is 17.7 Å². The SMILES string of the molecule is COc1cccc(C(N)c2ccc(Br)cc2F)c1F. The molecule has 0 saturated heterocycles. The van der Waals surface area contributed by atoms with Gasteiger partial charge in [-0.15, -0.1) is 0 Å². The minimum absolute atomic E-state index is 0.0884. The number of benzene rings is 2. The Kier molecular flexibility index (Phi) is 4.17. The van der Waals surface area contributed by atoms with E-state index in [1.165, 1.54) is 31.4 Å². The van der Waals surface area contributed by atoms with Gasteiger partial charge in [0.25, 0.3) is 0 Å². The molecule has 0 aliphatic rings. The Morgan fingerprint density at radius 2 is 1.89 bits per heavy atom. The molecule has 2 N–H and O–H groups in total. The molecule has 0 aliphatic carbocycles. The second kappa shape index (κ2) is 5.67. The van der Waals surface area contributed by atoms with Gasteiger partial charge in [-0.3, -0.25) is 0 Å². The fraction of sp³-hybridized carbons (Fsp3) is 0.143. The summed E-state index contributed by atoms with van der Waals surface area (Å²) in [6, 6.07) is 8.23. The molecule has 1 atom stereocenters. The quantitative estimate of drug-likeness (QED) is 0.931. The molecule has 0 heterocycles. The summed E-state index contributed by atoms with van der Waals surface area (Å²) in [6.07, 6.45) is 0. The van der Waals surface area contributed by atoms with E-state index in [2.05, 4.69) is 15.9 Å². The van der Waals surface area contributed by atoms with Crippen LogP contribution in [0.2, 0.25) is 0 Å². The summed E-state index contributed by atoms with van der Waals surface area (Å²) in [7, 11) is 1.37. The molecule has 1 unspecified atom stereocenters. The first-order valence-corrected chi connectivity index (χ1v) is 6.37. The lowest BCUT2D eigenvalue weighted by Gasteiger charge is -2.16. The zero-order valence-electron chi connectivity index (χ0n) is 10.2. The van der Waals surface area contributed by atoms with E-state index in [-0.39, 0.29) is 16.9 Å². The van der Waals surface area contributed by atoms with Gasteiger partial charge in [0.05, 0.1) is 13.2 Å². The van der Waals surface area contributed by atoms with E-state index in [9.17, 15) is 8.78 Å². The summed E-state index contributed by atoms with van der Waals surface area (Å²) in [5.74, 6) is -0.964. The first kappa shape index (κ1) is 14.0. The molecular formula is C14H12BrF2NO. The lowest BCUT2D eigenvalue weighted by molar-refractivity contribution is 0.383. The van der Waals surface area contributed by atoms with E-state index in [0.717, 1.165) is 0 Å². The molecule has 2 nitrogen and oxygen atoms in total. The molecule has 0 spiro atoms. The zero-order chi connectivity index (χ0) is 14.0. The molecule has 19 heavy (non-hydrogen) atoms. The van der Waals surface area contributed by atoms with E-state index in [4.69, 9.17) is 10.5 Å². The highest BCUT2D eigenvalue weighted by Gasteiger charge is 2.19.